The SMILES string of the molecule is CC(C)(C)NCC(=O)N[C@H](CO)Cc1ccccc1. The molecule has 4 nitrogen and oxygen atoms in total. The van der Waals surface area contributed by atoms with E-state index in [0.717, 1.165) is 5.56 Å². The molecule has 1 amide bonds. The van der Waals surface area contributed by atoms with Crippen molar-refractivity contribution in [2.45, 2.75) is 38.8 Å². The molecule has 0 bridgehead atoms. The molecule has 0 radical (unpaired) electrons. The smallest absolute Gasteiger partial charge is 0.234 e. The molecule has 19 heavy (non-hydrogen) atoms. The Morgan fingerprint density at radius 1 is 1.26 bits per heavy atom. The number of carbonyl (C=O) groups is 1. The van der Waals surface area contributed by atoms with Crippen LogP contribution in [0.4, 0.5) is 0 Å². The molecule has 0 fully saturated rings. The maximum Gasteiger partial charge on any atom is 0.234 e. The zero-order valence-corrected chi connectivity index (χ0v) is 11.9. The summed E-state index contributed by atoms with van der Waals surface area (Å²) in [5.41, 5.74) is 1.01. The molecule has 0 unspecified atom stereocenters. The molecule has 0 saturated carbocycles. The highest BCUT2D eigenvalue weighted by Gasteiger charge is 2.15. The van der Waals surface area contributed by atoms with Crippen LogP contribution in [-0.2, 0) is 11.2 Å². The van der Waals surface area contributed by atoms with Crippen LogP contribution >= 0.6 is 0 Å². The van der Waals surface area contributed by atoms with Gasteiger partial charge in [0.15, 0.2) is 0 Å². The number of aliphatic hydroxyl groups excluding tert-OH is 1. The molecule has 106 valence electrons. The molecule has 0 spiro atoms. The topological polar surface area (TPSA) is 61.4 Å². The Bertz CT molecular complexity index is 385. The Morgan fingerprint density at radius 2 is 1.89 bits per heavy atom. The lowest BCUT2D eigenvalue weighted by atomic mass is 10.1. The number of amides is 1. The summed E-state index contributed by atoms with van der Waals surface area (Å²) in [4.78, 5) is 11.8. The Labute approximate surface area is 115 Å². The number of hydrogen-bond donors (Lipinski definition) is 3. The van der Waals surface area contributed by atoms with Crippen molar-refractivity contribution in [1.82, 2.24) is 10.6 Å². The summed E-state index contributed by atoms with van der Waals surface area (Å²) in [6.45, 7) is 6.22. The fourth-order valence-corrected chi connectivity index (χ4v) is 1.68. The van der Waals surface area contributed by atoms with Crippen molar-refractivity contribution in [3.63, 3.8) is 0 Å². The number of benzene rings is 1. The summed E-state index contributed by atoms with van der Waals surface area (Å²) >= 11 is 0. The van der Waals surface area contributed by atoms with Gasteiger partial charge in [-0.25, -0.2) is 0 Å². The van der Waals surface area contributed by atoms with Crippen molar-refractivity contribution in [2.24, 2.45) is 0 Å². The molecule has 0 aliphatic rings. The maximum atomic E-state index is 11.8. The van der Waals surface area contributed by atoms with Crippen molar-refractivity contribution < 1.29 is 9.90 Å². The summed E-state index contributed by atoms with van der Waals surface area (Å²) < 4.78 is 0. The second-order valence-electron chi connectivity index (χ2n) is 5.74. The lowest BCUT2D eigenvalue weighted by Crippen LogP contribution is -2.47. The third-order valence-corrected chi connectivity index (χ3v) is 2.69. The van der Waals surface area contributed by atoms with E-state index in [9.17, 15) is 9.90 Å². The van der Waals surface area contributed by atoms with Gasteiger partial charge in [0.25, 0.3) is 0 Å². The Hall–Kier alpha value is -1.39. The summed E-state index contributed by atoms with van der Waals surface area (Å²) in [5, 5.41) is 15.3. The molecule has 0 aliphatic carbocycles. The summed E-state index contributed by atoms with van der Waals surface area (Å²) in [6, 6.07) is 9.59. The number of nitrogens with one attached hydrogen (secondary N) is 2. The summed E-state index contributed by atoms with van der Waals surface area (Å²) in [5.74, 6) is -0.0927. The van der Waals surface area contributed by atoms with E-state index in [1.165, 1.54) is 0 Å². The largest absolute Gasteiger partial charge is 0.394 e. The van der Waals surface area contributed by atoms with Gasteiger partial charge in [0, 0.05) is 5.54 Å². The molecule has 1 atom stereocenters. The zero-order chi connectivity index (χ0) is 14.3. The Balaban J connectivity index is 2.42. The van der Waals surface area contributed by atoms with Crippen LogP contribution in [0.3, 0.4) is 0 Å². The third kappa shape index (κ3) is 6.94. The second kappa shape index (κ2) is 7.26. The molecule has 0 aromatic heterocycles. The van der Waals surface area contributed by atoms with E-state index in [1.54, 1.807) is 0 Å². The molecule has 3 N–H and O–H groups in total. The molecule has 1 rings (SSSR count). The van der Waals surface area contributed by atoms with Gasteiger partial charge >= 0.3 is 0 Å². The lowest BCUT2D eigenvalue weighted by molar-refractivity contribution is -0.121. The van der Waals surface area contributed by atoms with E-state index >= 15 is 0 Å². The van der Waals surface area contributed by atoms with Crippen LogP contribution in [0.15, 0.2) is 30.3 Å². The van der Waals surface area contributed by atoms with Crippen LogP contribution in [0.5, 0.6) is 0 Å². The van der Waals surface area contributed by atoms with Gasteiger partial charge in [0.1, 0.15) is 0 Å². The van der Waals surface area contributed by atoms with Crippen LogP contribution in [0, 0.1) is 0 Å². The first kappa shape index (κ1) is 15.7. The Morgan fingerprint density at radius 3 is 2.42 bits per heavy atom. The minimum absolute atomic E-state index is 0.0594. The van der Waals surface area contributed by atoms with Gasteiger partial charge in [-0.1, -0.05) is 30.3 Å². The number of aliphatic hydroxyl groups is 1. The first-order valence-electron chi connectivity index (χ1n) is 6.60. The van der Waals surface area contributed by atoms with Gasteiger partial charge < -0.3 is 15.7 Å². The number of carbonyl (C=O) groups excluding carboxylic acids is 1. The monoisotopic (exact) mass is 264 g/mol. The van der Waals surface area contributed by atoms with Crippen LogP contribution in [0.2, 0.25) is 0 Å². The van der Waals surface area contributed by atoms with E-state index in [0.29, 0.717) is 6.42 Å². The average Bonchev–Trinajstić information content (AvgIpc) is 2.36. The van der Waals surface area contributed by atoms with Crippen molar-refractivity contribution in [2.75, 3.05) is 13.2 Å². The number of hydrogen-bond acceptors (Lipinski definition) is 3. The van der Waals surface area contributed by atoms with Crippen molar-refractivity contribution in [1.29, 1.82) is 0 Å². The lowest BCUT2D eigenvalue weighted by Gasteiger charge is -2.22. The molecular formula is C15H24N2O2. The van der Waals surface area contributed by atoms with Crippen LogP contribution < -0.4 is 10.6 Å². The van der Waals surface area contributed by atoms with Crippen LogP contribution in [0.1, 0.15) is 26.3 Å². The minimum atomic E-state index is -0.239. The average molecular weight is 264 g/mol. The van der Waals surface area contributed by atoms with Gasteiger partial charge in [-0.05, 0) is 32.8 Å². The van der Waals surface area contributed by atoms with E-state index in [2.05, 4.69) is 10.6 Å². The third-order valence-electron chi connectivity index (χ3n) is 2.69. The molecule has 1 aromatic carbocycles. The molecule has 0 aliphatic heterocycles. The summed E-state index contributed by atoms with van der Waals surface area (Å²) in [7, 11) is 0. The van der Waals surface area contributed by atoms with E-state index < -0.39 is 0 Å². The fourth-order valence-electron chi connectivity index (χ4n) is 1.68. The fraction of sp³-hybridized carbons (Fsp3) is 0.533. The van der Waals surface area contributed by atoms with Gasteiger partial charge in [-0.3, -0.25) is 4.79 Å². The molecule has 0 heterocycles. The second-order valence-corrected chi connectivity index (χ2v) is 5.74. The van der Waals surface area contributed by atoms with Gasteiger partial charge in [-0.2, -0.15) is 0 Å². The minimum Gasteiger partial charge on any atom is -0.394 e. The molecule has 0 saturated heterocycles. The van der Waals surface area contributed by atoms with Gasteiger partial charge in [0.2, 0.25) is 5.91 Å². The quantitative estimate of drug-likeness (QED) is 0.721. The molecule has 4 heteroatoms. The standard InChI is InChI=1S/C15H24N2O2/c1-15(2,3)16-10-14(19)17-13(11-18)9-12-7-5-4-6-8-12/h4-8,13,16,18H,9-11H2,1-3H3,(H,17,19)/t13-/m0/s1. The molecule has 1 aromatic rings. The summed E-state index contributed by atoms with van der Waals surface area (Å²) in [6.07, 6.45) is 0.637. The highest BCUT2D eigenvalue weighted by atomic mass is 16.3. The number of rotatable bonds is 6. The van der Waals surface area contributed by atoms with Crippen LogP contribution in [-0.4, -0.2) is 35.7 Å². The first-order chi connectivity index (χ1) is 8.90. The van der Waals surface area contributed by atoms with Gasteiger partial charge in [0.05, 0.1) is 19.2 Å². The zero-order valence-electron chi connectivity index (χ0n) is 11.9. The van der Waals surface area contributed by atoms with Crippen molar-refractivity contribution >= 4 is 5.91 Å². The molecular weight excluding hydrogens is 240 g/mol. The van der Waals surface area contributed by atoms with Crippen molar-refractivity contribution in [3.8, 4) is 0 Å². The first-order valence-corrected chi connectivity index (χ1v) is 6.60. The highest BCUT2D eigenvalue weighted by molar-refractivity contribution is 5.78. The van der Waals surface area contributed by atoms with Gasteiger partial charge in [-0.15, -0.1) is 0 Å². The van der Waals surface area contributed by atoms with Crippen molar-refractivity contribution in [3.05, 3.63) is 35.9 Å². The maximum absolute atomic E-state index is 11.8. The normalized spacial score (nSPS) is 13.1. The predicted octanol–water partition coefficient (Wildman–Crippen LogP) is 1.09. The van der Waals surface area contributed by atoms with E-state index in [4.69, 9.17) is 0 Å². The van der Waals surface area contributed by atoms with Crippen LogP contribution in [0.25, 0.3) is 0 Å². The predicted molar refractivity (Wildman–Crippen MR) is 76.9 cm³/mol. The van der Waals surface area contributed by atoms with E-state index in [-0.39, 0.29) is 30.6 Å². The van der Waals surface area contributed by atoms with E-state index in [1.807, 2.05) is 51.1 Å². The Kier molecular flexibility index (Phi) is 5.99. The highest BCUT2D eigenvalue weighted by Crippen LogP contribution is 2.03.